The molecule has 1 saturated heterocycles. The Balaban J connectivity index is 1.72. The molecule has 1 aromatic carbocycles. The number of benzene rings is 1. The van der Waals surface area contributed by atoms with Crippen molar-refractivity contribution in [1.82, 2.24) is 0 Å². The van der Waals surface area contributed by atoms with E-state index in [-0.39, 0.29) is 18.2 Å². The summed E-state index contributed by atoms with van der Waals surface area (Å²) in [4.78, 5) is 27.4. The van der Waals surface area contributed by atoms with Gasteiger partial charge in [-0.3, -0.25) is 9.59 Å². The lowest BCUT2D eigenvalue weighted by molar-refractivity contribution is -0.122. The third kappa shape index (κ3) is 3.68. The summed E-state index contributed by atoms with van der Waals surface area (Å²) < 4.78 is 0. The second kappa shape index (κ2) is 7.26. The standard InChI is InChI=1S/C18H16ClN3O2S/c1-2-15-7-11(9-20)18(25-15)21-17(24)12-8-16(23)22(10-12)14-5-3-13(19)4-6-14/h3-7,12H,2,8,10H2,1H3,(H,21,24)/t12-/m1/s1. The number of nitrogens with one attached hydrogen (secondary N) is 1. The molecular formula is C18H16ClN3O2S. The van der Waals surface area contributed by atoms with Crippen molar-refractivity contribution in [3.8, 4) is 6.07 Å². The van der Waals surface area contributed by atoms with Gasteiger partial charge in [-0.2, -0.15) is 5.26 Å². The van der Waals surface area contributed by atoms with Crippen molar-refractivity contribution in [1.29, 1.82) is 5.26 Å². The van der Waals surface area contributed by atoms with Gasteiger partial charge in [0.15, 0.2) is 0 Å². The van der Waals surface area contributed by atoms with Crippen molar-refractivity contribution in [3.05, 3.63) is 45.8 Å². The van der Waals surface area contributed by atoms with Crippen molar-refractivity contribution in [2.75, 3.05) is 16.8 Å². The Morgan fingerprint density at radius 1 is 1.44 bits per heavy atom. The van der Waals surface area contributed by atoms with Gasteiger partial charge in [0.25, 0.3) is 0 Å². The summed E-state index contributed by atoms with van der Waals surface area (Å²) in [7, 11) is 0. The van der Waals surface area contributed by atoms with Crippen LogP contribution in [0.2, 0.25) is 5.02 Å². The van der Waals surface area contributed by atoms with E-state index in [1.807, 2.05) is 6.92 Å². The van der Waals surface area contributed by atoms with Crippen LogP contribution in [0, 0.1) is 17.2 Å². The summed E-state index contributed by atoms with van der Waals surface area (Å²) in [6, 6.07) is 10.9. The molecule has 1 atom stereocenters. The number of rotatable bonds is 4. The van der Waals surface area contributed by atoms with Gasteiger partial charge in [-0.05, 0) is 36.8 Å². The van der Waals surface area contributed by atoms with E-state index in [2.05, 4.69) is 11.4 Å². The van der Waals surface area contributed by atoms with Crippen LogP contribution in [-0.2, 0) is 16.0 Å². The lowest BCUT2D eigenvalue weighted by Crippen LogP contribution is -2.28. The van der Waals surface area contributed by atoms with E-state index in [9.17, 15) is 14.9 Å². The number of aryl methyl sites for hydroxylation is 1. The molecule has 25 heavy (non-hydrogen) atoms. The molecule has 1 aliphatic rings. The first-order valence-corrected chi connectivity index (χ1v) is 9.11. The summed E-state index contributed by atoms with van der Waals surface area (Å²) >= 11 is 7.28. The quantitative estimate of drug-likeness (QED) is 0.885. The Bertz CT molecular complexity index is 854. The van der Waals surface area contributed by atoms with Crippen molar-refractivity contribution >= 4 is 45.4 Å². The van der Waals surface area contributed by atoms with Gasteiger partial charge >= 0.3 is 0 Å². The van der Waals surface area contributed by atoms with Gasteiger partial charge in [-0.1, -0.05) is 18.5 Å². The second-order valence-corrected chi connectivity index (χ2v) is 7.37. The van der Waals surface area contributed by atoms with Crippen LogP contribution in [-0.4, -0.2) is 18.4 Å². The topological polar surface area (TPSA) is 73.2 Å². The highest BCUT2D eigenvalue weighted by atomic mass is 35.5. The number of amides is 2. The molecule has 2 heterocycles. The zero-order chi connectivity index (χ0) is 18.0. The van der Waals surface area contributed by atoms with Crippen molar-refractivity contribution in [3.63, 3.8) is 0 Å². The first-order valence-electron chi connectivity index (χ1n) is 7.91. The van der Waals surface area contributed by atoms with E-state index in [0.717, 1.165) is 17.0 Å². The minimum Gasteiger partial charge on any atom is -0.316 e. The van der Waals surface area contributed by atoms with Gasteiger partial charge in [0.1, 0.15) is 11.1 Å². The van der Waals surface area contributed by atoms with Gasteiger partial charge < -0.3 is 10.2 Å². The molecular weight excluding hydrogens is 358 g/mol. The van der Waals surface area contributed by atoms with Crippen LogP contribution in [0.15, 0.2) is 30.3 Å². The molecule has 0 aliphatic carbocycles. The summed E-state index contributed by atoms with van der Waals surface area (Å²) in [5, 5.41) is 13.2. The van der Waals surface area contributed by atoms with Crippen LogP contribution in [0.3, 0.4) is 0 Å². The molecule has 128 valence electrons. The zero-order valence-electron chi connectivity index (χ0n) is 13.6. The number of carbonyl (C=O) groups is 2. The van der Waals surface area contributed by atoms with E-state index in [0.29, 0.717) is 22.1 Å². The minimum absolute atomic E-state index is 0.0941. The summed E-state index contributed by atoms with van der Waals surface area (Å²) in [6.07, 6.45) is 0.962. The first-order chi connectivity index (χ1) is 12.0. The van der Waals surface area contributed by atoms with Crippen LogP contribution < -0.4 is 10.2 Å². The average Bonchev–Trinajstić information content (AvgIpc) is 3.19. The SMILES string of the molecule is CCc1cc(C#N)c(NC(=O)[C@@H]2CC(=O)N(c3ccc(Cl)cc3)C2)s1. The van der Waals surface area contributed by atoms with Gasteiger partial charge in [0.05, 0.1) is 11.5 Å². The largest absolute Gasteiger partial charge is 0.316 e. The maximum Gasteiger partial charge on any atom is 0.230 e. The second-order valence-electron chi connectivity index (χ2n) is 5.79. The van der Waals surface area contributed by atoms with Crippen molar-refractivity contribution < 1.29 is 9.59 Å². The molecule has 2 aromatic rings. The van der Waals surface area contributed by atoms with Crippen LogP contribution in [0.4, 0.5) is 10.7 Å². The zero-order valence-corrected chi connectivity index (χ0v) is 15.2. The number of thiophene rings is 1. The van der Waals surface area contributed by atoms with Gasteiger partial charge in [-0.25, -0.2) is 0 Å². The highest BCUT2D eigenvalue weighted by Gasteiger charge is 2.35. The summed E-state index contributed by atoms with van der Waals surface area (Å²) in [5.74, 6) is -0.767. The Morgan fingerprint density at radius 2 is 2.16 bits per heavy atom. The molecule has 0 unspecified atom stereocenters. The fraction of sp³-hybridized carbons (Fsp3) is 0.278. The predicted molar refractivity (Wildman–Crippen MR) is 99.0 cm³/mol. The number of hydrogen-bond donors (Lipinski definition) is 1. The smallest absolute Gasteiger partial charge is 0.230 e. The van der Waals surface area contributed by atoms with Crippen LogP contribution in [0.5, 0.6) is 0 Å². The first kappa shape index (κ1) is 17.5. The highest BCUT2D eigenvalue weighted by molar-refractivity contribution is 7.16. The van der Waals surface area contributed by atoms with Gasteiger partial charge in [0, 0.05) is 28.6 Å². The molecule has 2 amide bonds. The van der Waals surface area contributed by atoms with Crippen LogP contribution in [0.1, 0.15) is 23.8 Å². The number of nitrogens with zero attached hydrogens (tertiary/aromatic N) is 2. The Labute approximate surface area is 154 Å². The van der Waals surface area contributed by atoms with E-state index in [1.54, 1.807) is 35.2 Å². The molecule has 1 fully saturated rings. The number of halogens is 1. The normalized spacial score (nSPS) is 16.8. The number of nitriles is 1. The third-order valence-corrected chi connectivity index (χ3v) is 5.57. The number of anilines is 2. The van der Waals surface area contributed by atoms with E-state index in [1.165, 1.54) is 11.3 Å². The van der Waals surface area contributed by atoms with E-state index < -0.39 is 5.92 Å². The molecule has 1 aliphatic heterocycles. The maximum atomic E-state index is 12.5. The third-order valence-electron chi connectivity index (χ3n) is 4.12. The monoisotopic (exact) mass is 373 g/mol. The van der Waals surface area contributed by atoms with Crippen molar-refractivity contribution in [2.45, 2.75) is 19.8 Å². The molecule has 3 rings (SSSR count). The fourth-order valence-corrected chi connectivity index (χ4v) is 3.84. The lowest BCUT2D eigenvalue weighted by Gasteiger charge is -2.16. The molecule has 0 radical (unpaired) electrons. The molecule has 1 N–H and O–H groups in total. The predicted octanol–water partition coefficient (Wildman–Crippen LogP) is 3.83. The fourth-order valence-electron chi connectivity index (χ4n) is 2.76. The molecule has 0 saturated carbocycles. The van der Waals surface area contributed by atoms with Gasteiger partial charge in [-0.15, -0.1) is 11.3 Å². The van der Waals surface area contributed by atoms with E-state index in [4.69, 9.17) is 11.6 Å². The van der Waals surface area contributed by atoms with Gasteiger partial charge in [0.2, 0.25) is 11.8 Å². The Hall–Kier alpha value is -2.36. The minimum atomic E-state index is -0.443. The van der Waals surface area contributed by atoms with Crippen molar-refractivity contribution in [2.24, 2.45) is 5.92 Å². The maximum absolute atomic E-state index is 12.5. The molecule has 7 heteroatoms. The lowest BCUT2D eigenvalue weighted by atomic mass is 10.1. The molecule has 5 nitrogen and oxygen atoms in total. The molecule has 0 spiro atoms. The summed E-state index contributed by atoms with van der Waals surface area (Å²) in [6.45, 7) is 2.32. The summed E-state index contributed by atoms with van der Waals surface area (Å²) in [5.41, 5.74) is 1.20. The highest BCUT2D eigenvalue weighted by Crippen LogP contribution is 2.31. The Morgan fingerprint density at radius 3 is 2.80 bits per heavy atom. The molecule has 1 aromatic heterocycles. The average molecular weight is 374 g/mol. The Kier molecular flexibility index (Phi) is 5.07. The molecule has 0 bridgehead atoms. The number of carbonyl (C=O) groups excluding carboxylic acids is 2. The van der Waals surface area contributed by atoms with Crippen LogP contribution in [0.25, 0.3) is 0 Å². The number of hydrogen-bond acceptors (Lipinski definition) is 4. The van der Waals surface area contributed by atoms with Crippen LogP contribution >= 0.6 is 22.9 Å². The van der Waals surface area contributed by atoms with E-state index >= 15 is 0 Å².